The second-order valence-corrected chi connectivity index (χ2v) is 35.6. The van der Waals surface area contributed by atoms with Gasteiger partial charge in [0.1, 0.15) is 92.6 Å². The second kappa shape index (κ2) is 71.4. The molecule has 18 unspecified atom stereocenters. The molecule has 0 aromatic carbocycles. The molecular weight excluding hydrogens is 1540 g/mol. The number of aliphatic hydroxyl groups excluding tert-OH is 9. The number of unbranched alkanes of at least 4 members (excludes halogenated alkanes) is 52. The maximum Gasteiger partial charge on any atom is 0.472 e. The Morgan fingerprint density at radius 1 is 0.331 bits per heavy atom. The van der Waals surface area contributed by atoms with Gasteiger partial charge < -0.3 is 88.7 Å². The first kappa shape index (κ1) is 109. The van der Waals surface area contributed by atoms with Crippen molar-refractivity contribution in [2.45, 2.75) is 524 Å². The van der Waals surface area contributed by atoms with Crippen LogP contribution in [0.5, 0.6) is 0 Å². The van der Waals surface area contributed by atoms with E-state index >= 15 is 0 Å². The minimum Gasteiger partial charge on any atom is -0.463 e. The van der Waals surface area contributed by atoms with Crippen LogP contribution in [0.3, 0.4) is 0 Å². The van der Waals surface area contributed by atoms with Crippen LogP contribution in [-0.4, -0.2) is 205 Å². The molecule has 2 heterocycles. The van der Waals surface area contributed by atoms with Crippen LogP contribution in [0.15, 0.2) is 12.2 Å². The lowest BCUT2D eigenvalue weighted by Gasteiger charge is -2.50. The topological polar surface area (TPSA) is 380 Å². The molecule has 18 atom stereocenters. The first-order chi connectivity index (χ1) is 57.2. The SMILES string of the molecule is CCCCCC/C=C\CCCCCCCCCC(=O)OC1C(O)C(O)C(OC2OC(CO)C(O)C(O)C2O)C(OP(=O)(O)OCC(COC(=O)CCCCCCCCCCCCCCCCC)OC(=O)CCCCCCCCCCCCCCC)C1OC1OC(COC(=O)CCCCCCCCCCCCCCCCCC)C(O)C(O)C1O. The molecule has 0 aromatic rings. The zero-order chi connectivity index (χ0) is 86.1. The van der Waals surface area contributed by atoms with E-state index in [-0.39, 0.29) is 25.7 Å². The predicted molar refractivity (Wildman–Crippen MR) is 458 cm³/mol. The average Bonchev–Trinajstić information content (AvgIpc) is 0.755. The van der Waals surface area contributed by atoms with Crippen LogP contribution in [0.4, 0.5) is 0 Å². The Kier molecular flexibility index (Phi) is 66.2. The predicted octanol–water partition coefficient (Wildman–Crippen LogP) is 17.9. The number of hydrogen-bond donors (Lipinski definition) is 10. The number of carbonyl (C=O) groups is 4. The van der Waals surface area contributed by atoms with Crippen molar-refractivity contribution >= 4 is 31.7 Å². The van der Waals surface area contributed by atoms with E-state index in [1.54, 1.807) is 0 Å². The fraction of sp³-hybridized carbons (Fsp3) is 0.935. The normalized spacial score (nSPS) is 24.9. The number of phosphoric ester groups is 1. The summed E-state index contributed by atoms with van der Waals surface area (Å²) in [4.78, 5) is 66.5. The molecule has 0 bridgehead atoms. The molecule has 118 heavy (non-hydrogen) atoms. The molecular formula is C92H171O25P. The third kappa shape index (κ3) is 51.0. The number of phosphoric acid groups is 1. The van der Waals surface area contributed by atoms with Gasteiger partial charge in [-0.3, -0.25) is 28.2 Å². The molecule has 0 aromatic heterocycles. The number of aliphatic hydroxyl groups is 9. The first-order valence-electron chi connectivity index (χ1n) is 47.9. The van der Waals surface area contributed by atoms with Gasteiger partial charge in [0.15, 0.2) is 24.8 Å². The Bertz CT molecular complexity index is 2500. The Morgan fingerprint density at radius 2 is 0.636 bits per heavy atom. The molecule has 25 nitrogen and oxygen atoms in total. The molecule has 0 spiro atoms. The van der Waals surface area contributed by atoms with Gasteiger partial charge in [-0.15, -0.1) is 0 Å². The van der Waals surface area contributed by atoms with Crippen LogP contribution in [0.1, 0.15) is 419 Å². The van der Waals surface area contributed by atoms with Crippen LogP contribution in [0.2, 0.25) is 0 Å². The zero-order valence-corrected chi connectivity index (χ0v) is 74.9. The van der Waals surface area contributed by atoms with Gasteiger partial charge in [-0.05, 0) is 51.4 Å². The van der Waals surface area contributed by atoms with Gasteiger partial charge in [0.25, 0.3) is 0 Å². The molecule has 2 aliphatic heterocycles. The quantitative estimate of drug-likeness (QED) is 0.00889. The third-order valence-electron chi connectivity index (χ3n) is 23.5. The fourth-order valence-electron chi connectivity index (χ4n) is 15.9. The summed E-state index contributed by atoms with van der Waals surface area (Å²) >= 11 is 0. The molecule has 3 aliphatic rings. The van der Waals surface area contributed by atoms with Crippen LogP contribution in [0.25, 0.3) is 0 Å². The summed E-state index contributed by atoms with van der Waals surface area (Å²) in [6.45, 7) is 5.62. The van der Waals surface area contributed by atoms with Gasteiger partial charge >= 0.3 is 31.7 Å². The molecule has 694 valence electrons. The monoisotopic (exact) mass is 1710 g/mol. The van der Waals surface area contributed by atoms with Crippen molar-refractivity contribution in [1.29, 1.82) is 0 Å². The minimum absolute atomic E-state index is 0.0185. The Hall–Kier alpha value is -2.79. The van der Waals surface area contributed by atoms with Gasteiger partial charge in [-0.1, -0.05) is 354 Å². The molecule has 0 amide bonds. The van der Waals surface area contributed by atoms with E-state index in [9.17, 15) is 74.6 Å². The lowest BCUT2D eigenvalue weighted by molar-refractivity contribution is -0.360. The van der Waals surface area contributed by atoms with E-state index in [4.69, 9.17) is 46.9 Å². The van der Waals surface area contributed by atoms with Crippen molar-refractivity contribution < 1.29 is 122 Å². The minimum atomic E-state index is -5.80. The van der Waals surface area contributed by atoms with Crippen molar-refractivity contribution in [1.82, 2.24) is 0 Å². The summed E-state index contributed by atoms with van der Waals surface area (Å²) in [7, 11) is -5.80. The van der Waals surface area contributed by atoms with Gasteiger partial charge in [0.05, 0.1) is 13.2 Å². The van der Waals surface area contributed by atoms with E-state index in [0.29, 0.717) is 32.1 Å². The van der Waals surface area contributed by atoms with E-state index < -0.39 is 162 Å². The molecule has 3 fully saturated rings. The van der Waals surface area contributed by atoms with Crippen molar-refractivity contribution in [2.75, 3.05) is 26.4 Å². The van der Waals surface area contributed by atoms with E-state index in [1.807, 2.05) is 0 Å². The van der Waals surface area contributed by atoms with Crippen molar-refractivity contribution in [3.63, 3.8) is 0 Å². The van der Waals surface area contributed by atoms with Gasteiger partial charge in [-0.2, -0.15) is 0 Å². The lowest BCUT2D eigenvalue weighted by atomic mass is 9.84. The molecule has 26 heteroatoms. The summed E-state index contributed by atoms with van der Waals surface area (Å²) in [5, 5.41) is 102. The number of carbonyl (C=O) groups excluding carboxylic acids is 4. The Morgan fingerprint density at radius 3 is 1.02 bits per heavy atom. The van der Waals surface area contributed by atoms with Crippen molar-refractivity contribution in [2.24, 2.45) is 0 Å². The standard InChI is InChI=1S/C92H171O25P/c1-5-9-13-17-21-25-29-33-36-39-42-45-49-53-57-61-65-76(95)109-71-74-80(99)82(101)86(105)92(113-74)116-89-87(114-78(97)67-63-59-55-51-47-43-38-35-31-27-23-19-15-11-7-3)83(102)84(103)88(115-91-85(104)81(100)79(98)73(68-93)112-91)90(89)117-118(106,107)110-70-72(111-77(96)66-62-58-54-50-46-40-32-28-24-20-16-12-8-4)69-108-75(94)64-60-56-52-48-44-41-37-34-30-26-22-18-14-10-6-2/h27,31,72-74,79-93,98-105H,5-26,28-30,32-71H2,1-4H3,(H,106,107)/b31-27-. The number of ether oxygens (including phenoxy) is 8. The second-order valence-electron chi connectivity index (χ2n) is 34.2. The first-order valence-corrected chi connectivity index (χ1v) is 49.4. The lowest BCUT2D eigenvalue weighted by Crippen LogP contribution is -2.70. The summed E-state index contributed by atoms with van der Waals surface area (Å²) in [5.41, 5.74) is 0. The van der Waals surface area contributed by atoms with Gasteiger partial charge in [-0.25, -0.2) is 4.57 Å². The molecule has 0 radical (unpaired) electrons. The summed E-state index contributed by atoms with van der Waals surface area (Å²) < 4.78 is 73.5. The highest BCUT2D eigenvalue weighted by molar-refractivity contribution is 7.47. The highest BCUT2D eigenvalue weighted by atomic mass is 31.2. The van der Waals surface area contributed by atoms with E-state index in [0.717, 1.165) is 141 Å². The Balaban J connectivity index is 1.90. The maximum absolute atomic E-state index is 14.9. The average molecular weight is 1710 g/mol. The number of hydrogen-bond acceptors (Lipinski definition) is 24. The highest BCUT2D eigenvalue weighted by Gasteiger charge is 2.60. The van der Waals surface area contributed by atoms with Crippen molar-refractivity contribution in [3.05, 3.63) is 12.2 Å². The fourth-order valence-corrected chi connectivity index (χ4v) is 16.9. The highest BCUT2D eigenvalue weighted by Crippen LogP contribution is 2.49. The van der Waals surface area contributed by atoms with Gasteiger partial charge in [0, 0.05) is 25.7 Å². The van der Waals surface area contributed by atoms with E-state index in [2.05, 4.69) is 39.8 Å². The van der Waals surface area contributed by atoms with Crippen LogP contribution in [0, 0.1) is 0 Å². The van der Waals surface area contributed by atoms with Crippen LogP contribution in [-0.2, 0) is 70.7 Å². The summed E-state index contributed by atoms with van der Waals surface area (Å²) in [6.07, 6.45) is 30.5. The largest absolute Gasteiger partial charge is 0.472 e. The molecule has 2 saturated heterocycles. The number of esters is 4. The summed E-state index contributed by atoms with van der Waals surface area (Å²) in [5.74, 6) is -2.95. The van der Waals surface area contributed by atoms with E-state index in [1.165, 1.54) is 193 Å². The summed E-state index contributed by atoms with van der Waals surface area (Å²) in [6, 6.07) is 0. The smallest absolute Gasteiger partial charge is 0.463 e. The Labute approximate surface area is 712 Å². The van der Waals surface area contributed by atoms with Crippen molar-refractivity contribution in [3.8, 4) is 0 Å². The van der Waals surface area contributed by atoms with Crippen LogP contribution < -0.4 is 0 Å². The molecule has 10 N–H and O–H groups in total. The molecule has 3 rings (SSSR count). The zero-order valence-electron chi connectivity index (χ0n) is 74.0. The molecule has 1 aliphatic carbocycles. The van der Waals surface area contributed by atoms with Gasteiger partial charge in [0.2, 0.25) is 0 Å². The maximum atomic E-state index is 14.9. The third-order valence-corrected chi connectivity index (χ3v) is 24.5. The van der Waals surface area contributed by atoms with Crippen LogP contribution >= 0.6 is 7.82 Å². The number of rotatable bonds is 78. The molecule has 1 saturated carbocycles. The number of allylic oxidation sites excluding steroid dienone is 2.